The molecule has 0 nitrogen and oxygen atoms in total. The van der Waals surface area contributed by atoms with E-state index in [9.17, 15) is 4.39 Å². The van der Waals surface area contributed by atoms with E-state index in [2.05, 4.69) is 13.8 Å². The highest BCUT2D eigenvalue weighted by atomic mass is 35.5. The molecule has 2 heteroatoms. The van der Waals surface area contributed by atoms with Crippen molar-refractivity contribution >= 4 is 11.6 Å². The Bertz CT molecular complexity index is 324. The fraction of sp³-hybridized carbons (Fsp3) is 0.455. The van der Waals surface area contributed by atoms with Crippen LogP contribution in [0.1, 0.15) is 31.7 Å². The molecule has 0 aromatic heterocycles. The molecule has 0 radical (unpaired) electrons. The zero-order valence-electron chi connectivity index (χ0n) is 7.77. The Morgan fingerprint density at radius 3 is 2.46 bits per heavy atom. The topological polar surface area (TPSA) is 0 Å². The van der Waals surface area contributed by atoms with E-state index < -0.39 is 0 Å². The van der Waals surface area contributed by atoms with Crippen molar-refractivity contribution in [2.24, 2.45) is 5.41 Å². The summed E-state index contributed by atoms with van der Waals surface area (Å²) in [5.74, 6) is 0.255. The Balaban J connectivity index is 2.32. The molecular formula is C11H12ClF. The van der Waals surface area contributed by atoms with E-state index >= 15 is 0 Å². The second-order valence-electron chi connectivity index (χ2n) is 4.45. The van der Waals surface area contributed by atoms with Crippen LogP contribution in [-0.2, 0) is 0 Å². The van der Waals surface area contributed by atoms with Crippen LogP contribution in [0.2, 0.25) is 5.02 Å². The van der Waals surface area contributed by atoms with Gasteiger partial charge in [0, 0.05) is 5.02 Å². The molecule has 1 unspecified atom stereocenters. The molecule has 0 heterocycles. The summed E-state index contributed by atoms with van der Waals surface area (Å²) in [6.07, 6.45) is 1.13. The van der Waals surface area contributed by atoms with Crippen molar-refractivity contribution in [2.75, 3.05) is 0 Å². The van der Waals surface area contributed by atoms with Gasteiger partial charge in [0.15, 0.2) is 0 Å². The summed E-state index contributed by atoms with van der Waals surface area (Å²) in [4.78, 5) is 0. The quantitative estimate of drug-likeness (QED) is 0.640. The highest BCUT2D eigenvalue weighted by Crippen LogP contribution is 2.58. The minimum atomic E-state index is -0.231. The fourth-order valence-electron chi connectivity index (χ4n) is 1.81. The van der Waals surface area contributed by atoms with Crippen LogP contribution in [0, 0.1) is 11.2 Å². The summed E-state index contributed by atoms with van der Waals surface area (Å²) in [6, 6.07) is 4.80. The van der Waals surface area contributed by atoms with Gasteiger partial charge in [-0.1, -0.05) is 25.4 Å². The average molecular weight is 199 g/mol. The fourth-order valence-corrected chi connectivity index (χ4v) is 2.04. The molecule has 1 aromatic rings. The van der Waals surface area contributed by atoms with Crippen LogP contribution in [0.3, 0.4) is 0 Å². The summed E-state index contributed by atoms with van der Waals surface area (Å²) < 4.78 is 13.0. The highest BCUT2D eigenvalue weighted by molar-refractivity contribution is 6.30. The van der Waals surface area contributed by atoms with Crippen molar-refractivity contribution < 1.29 is 4.39 Å². The Morgan fingerprint density at radius 1 is 1.38 bits per heavy atom. The lowest BCUT2D eigenvalue weighted by atomic mass is 10.0. The predicted octanol–water partition coefficient (Wildman–Crippen LogP) is 3.99. The lowest BCUT2D eigenvalue weighted by Gasteiger charge is -2.04. The maximum Gasteiger partial charge on any atom is 0.124 e. The molecule has 0 saturated heterocycles. The third-order valence-electron chi connectivity index (χ3n) is 2.80. The second-order valence-corrected chi connectivity index (χ2v) is 4.88. The third kappa shape index (κ3) is 1.71. The van der Waals surface area contributed by atoms with Crippen molar-refractivity contribution in [1.82, 2.24) is 0 Å². The predicted molar refractivity (Wildman–Crippen MR) is 52.5 cm³/mol. The van der Waals surface area contributed by atoms with Crippen LogP contribution < -0.4 is 0 Å². The van der Waals surface area contributed by atoms with Gasteiger partial charge in [0.2, 0.25) is 0 Å². The molecule has 0 N–H and O–H groups in total. The van der Waals surface area contributed by atoms with E-state index in [-0.39, 0.29) is 5.82 Å². The summed E-state index contributed by atoms with van der Waals surface area (Å²) >= 11 is 5.78. The van der Waals surface area contributed by atoms with Crippen molar-refractivity contribution in [3.63, 3.8) is 0 Å². The number of benzene rings is 1. The molecule has 1 saturated carbocycles. The van der Waals surface area contributed by atoms with Gasteiger partial charge < -0.3 is 0 Å². The molecule has 0 aliphatic heterocycles. The number of hydrogen-bond donors (Lipinski definition) is 0. The van der Waals surface area contributed by atoms with Gasteiger partial charge in [0.1, 0.15) is 5.82 Å². The molecule has 0 spiro atoms. The normalized spacial score (nSPS) is 24.5. The maximum atomic E-state index is 13.0. The summed E-state index contributed by atoms with van der Waals surface area (Å²) in [7, 11) is 0. The lowest BCUT2D eigenvalue weighted by molar-refractivity contribution is 0.608. The van der Waals surface area contributed by atoms with Crippen molar-refractivity contribution in [2.45, 2.75) is 26.2 Å². The summed E-state index contributed by atoms with van der Waals surface area (Å²) in [5.41, 5.74) is 1.37. The number of hydrogen-bond acceptors (Lipinski definition) is 0. The zero-order chi connectivity index (χ0) is 9.64. The molecule has 1 atom stereocenters. The first-order valence-corrected chi connectivity index (χ1v) is 4.83. The van der Waals surface area contributed by atoms with Crippen LogP contribution in [0.15, 0.2) is 18.2 Å². The van der Waals surface area contributed by atoms with Crippen LogP contribution >= 0.6 is 11.6 Å². The molecule has 1 fully saturated rings. The van der Waals surface area contributed by atoms with Crippen LogP contribution in [0.5, 0.6) is 0 Å². The van der Waals surface area contributed by atoms with Gasteiger partial charge in [0.05, 0.1) is 0 Å². The summed E-state index contributed by atoms with van der Waals surface area (Å²) in [6.45, 7) is 4.38. The Morgan fingerprint density at radius 2 is 2.00 bits per heavy atom. The molecule has 2 rings (SSSR count). The van der Waals surface area contributed by atoms with Crippen molar-refractivity contribution in [3.8, 4) is 0 Å². The van der Waals surface area contributed by atoms with E-state index in [0.717, 1.165) is 12.0 Å². The maximum absolute atomic E-state index is 13.0. The van der Waals surface area contributed by atoms with Gasteiger partial charge in [0.25, 0.3) is 0 Å². The van der Waals surface area contributed by atoms with Crippen molar-refractivity contribution in [3.05, 3.63) is 34.6 Å². The van der Waals surface area contributed by atoms with E-state index in [1.54, 1.807) is 6.07 Å². The van der Waals surface area contributed by atoms with Gasteiger partial charge in [-0.25, -0.2) is 4.39 Å². The Kier molecular flexibility index (Phi) is 1.88. The first-order valence-electron chi connectivity index (χ1n) is 4.45. The van der Waals surface area contributed by atoms with E-state index in [4.69, 9.17) is 11.6 Å². The van der Waals surface area contributed by atoms with E-state index in [1.807, 2.05) is 6.07 Å². The molecule has 13 heavy (non-hydrogen) atoms. The van der Waals surface area contributed by atoms with Gasteiger partial charge in [-0.15, -0.1) is 0 Å². The molecule has 0 amide bonds. The van der Waals surface area contributed by atoms with Gasteiger partial charge in [-0.3, -0.25) is 0 Å². The van der Waals surface area contributed by atoms with E-state index in [0.29, 0.717) is 16.4 Å². The molecular weight excluding hydrogens is 187 g/mol. The average Bonchev–Trinajstić information content (AvgIpc) is 2.57. The number of halogens is 2. The minimum Gasteiger partial charge on any atom is -0.207 e. The highest BCUT2D eigenvalue weighted by Gasteiger charge is 2.46. The van der Waals surface area contributed by atoms with Crippen LogP contribution in [0.25, 0.3) is 0 Å². The third-order valence-corrected chi connectivity index (χ3v) is 3.02. The smallest absolute Gasteiger partial charge is 0.124 e. The molecule has 1 aromatic carbocycles. The molecule has 0 bridgehead atoms. The molecule has 1 aliphatic carbocycles. The largest absolute Gasteiger partial charge is 0.207 e. The first kappa shape index (κ1) is 9.01. The summed E-state index contributed by atoms with van der Waals surface area (Å²) in [5, 5.41) is 0.498. The SMILES string of the molecule is CC1(C)CC1c1cc(F)cc(Cl)c1. The standard InChI is InChI=1S/C11H12ClF/c1-11(2)6-10(11)7-3-8(12)5-9(13)4-7/h3-5,10H,6H2,1-2H3. The Hall–Kier alpha value is -0.560. The molecule has 70 valence electrons. The minimum absolute atomic E-state index is 0.231. The van der Waals surface area contributed by atoms with Crippen molar-refractivity contribution in [1.29, 1.82) is 0 Å². The monoisotopic (exact) mass is 198 g/mol. The first-order chi connectivity index (χ1) is 5.99. The number of rotatable bonds is 1. The van der Waals surface area contributed by atoms with Crippen LogP contribution in [0.4, 0.5) is 4.39 Å². The van der Waals surface area contributed by atoms with Gasteiger partial charge in [-0.2, -0.15) is 0 Å². The van der Waals surface area contributed by atoms with E-state index in [1.165, 1.54) is 6.07 Å². The zero-order valence-corrected chi connectivity index (χ0v) is 8.53. The van der Waals surface area contributed by atoms with Crippen LogP contribution in [-0.4, -0.2) is 0 Å². The van der Waals surface area contributed by atoms with Gasteiger partial charge in [-0.05, 0) is 41.5 Å². The molecule has 1 aliphatic rings. The Labute approximate surface area is 82.7 Å². The second kappa shape index (κ2) is 2.71. The lowest BCUT2D eigenvalue weighted by Crippen LogP contribution is -1.90. The van der Waals surface area contributed by atoms with Gasteiger partial charge >= 0.3 is 0 Å².